The van der Waals surface area contributed by atoms with Gasteiger partial charge in [-0.25, -0.2) is 0 Å². The van der Waals surface area contributed by atoms with E-state index in [2.05, 4.69) is 11.4 Å². The van der Waals surface area contributed by atoms with Crippen LogP contribution in [0.4, 0.5) is 0 Å². The Labute approximate surface area is 134 Å². The Kier molecular flexibility index (Phi) is 3.45. The van der Waals surface area contributed by atoms with Crippen LogP contribution in [-0.2, 0) is 20.7 Å². The maximum atomic E-state index is 12.7. The Morgan fingerprint density at radius 3 is 2.65 bits per heavy atom. The Morgan fingerprint density at radius 1 is 1.13 bits per heavy atom. The van der Waals surface area contributed by atoms with Crippen molar-refractivity contribution in [2.45, 2.75) is 37.5 Å². The molecule has 0 saturated carbocycles. The third-order valence-corrected chi connectivity index (χ3v) is 5.17. The van der Waals surface area contributed by atoms with Gasteiger partial charge in [-0.2, -0.15) is 0 Å². The molecule has 3 aliphatic rings. The zero-order valence-corrected chi connectivity index (χ0v) is 12.6. The largest absolute Gasteiger partial charge is 0.481 e. The van der Waals surface area contributed by atoms with E-state index in [1.165, 1.54) is 5.56 Å². The SMILES string of the molecule is O=C(O)[C@H]1[C@H](C(=O)N[C@@H]2CCCc3ccccc32)[C@H]2C=C[C@H]1O2. The van der Waals surface area contributed by atoms with Gasteiger partial charge in [0, 0.05) is 0 Å². The van der Waals surface area contributed by atoms with Crippen molar-refractivity contribution in [2.24, 2.45) is 11.8 Å². The number of carbonyl (C=O) groups is 2. The van der Waals surface area contributed by atoms with Gasteiger partial charge in [0.05, 0.1) is 24.2 Å². The fourth-order valence-electron chi connectivity index (χ4n) is 4.09. The van der Waals surface area contributed by atoms with Crippen LogP contribution in [0.25, 0.3) is 0 Å². The maximum Gasteiger partial charge on any atom is 0.310 e. The quantitative estimate of drug-likeness (QED) is 0.835. The smallest absolute Gasteiger partial charge is 0.310 e. The monoisotopic (exact) mass is 313 g/mol. The molecule has 4 rings (SSSR count). The third-order valence-electron chi connectivity index (χ3n) is 5.17. The van der Waals surface area contributed by atoms with Gasteiger partial charge < -0.3 is 15.2 Å². The molecule has 5 heteroatoms. The van der Waals surface area contributed by atoms with E-state index in [1.54, 1.807) is 6.08 Å². The molecule has 120 valence electrons. The molecule has 0 unspecified atom stereocenters. The van der Waals surface area contributed by atoms with Gasteiger partial charge in [-0.05, 0) is 30.4 Å². The first-order chi connectivity index (χ1) is 11.1. The number of hydrogen-bond acceptors (Lipinski definition) is 3. The molecule has 2 N–H and O–H groups in total. The molecule has 0 aromatic heterocycles. The summed E-state index contributed by atoms with van der Waals surface area (Å²) in [5.74, 6) is -2.61. The lowest BCUT2D eigenvalue weighted by Crippen LogP contribution is -2.44. The third kappa shape index (κ3) is 2.36. The summed E-state index contributed by atoms with van der Waals surface area (Å²) in [4.78, 5) is 24.2. The van der Waals surface area contributed by atoms with E-state index in [9.17, 15) is 14.7 Å². The molecule has 1 aliphatic carbocycles. The van der Waals surface area contributed by atoms with Crippen LogP contribution in [0.2, 0.25) is 0 Å². The van der Waals surface area contributed by atoms with Crippen molar-refractivity contribution in [2.75, 3.05) is 0 Å². The molecule has 1 fully saturated rings. The highest BCUT2D eigenvalue weighted by Crippen LogP contribution is 2.40. The summed E-state index contributed by atoms with van der Waals surface area (Å²) in [6.07, 6.45) is 5.61. The van der Waals surface area contributed by atoms with Crippen molar-refractivity contribution in [3.8, 4) is 0 Å². The second-order valence-corrected chi connectivity index (χ2v) is 6.49. The van der Waals surface area contributed by atoms with Crippen LogP contribution in [-0.4, -0.2) is 29.2 Å². The Balaban J connectivity index is 1.55. The van der Waals surface area contributed by atoms with E-state index in [0.29, 0.717) is 0 Å². The molecule has 1 aromatic carbocycles. The number of nitrogens with one attached hydrogen (secondary N) is 1. The van der Waals surface area contributed by atoms with E-state index in [-0.39, 0.29) is 11.9 Å². The molecule has 2 aliphatic heterocycles. The average Bonchev–Trinajstić information content (AvgIpc) is 3.16. The van der Waals surface area contributed by atoms with Gasteiger partial charge in [0.15, 0.2) is 0 Å². The lowest BCUT2D eigenvalue weighted by Gasteiger charge is -2.29. The Morgan fingerprint density at radius 2 is 1.87 bits per heavy atom. The van der Waals surface area contributed by atoms with Crippen molar-refractivity contribution in [1.82, 2.24) is 5.32 Å². The second-order valence-electron chi connectivity index (χ2n) is 6.49. The first kappa shape index (κ1) is 14.5. The minimum Gasteiger partial charge on any atom is -0.481 e. The fourth-order valence-corrected chi connectivity index (χ4v) is 4.09. The molecule has 1 aromatic rings. The highest BCUT2D eigenvalue weighted by atomic mass is 16.5. The Hall–Kier alpha value is -2.14. The number of carboxylic acids is 1. The number of aryl methyl sites for hydroxylation is 1. The van der Waals surface area contributed by atoms with Gasteiger partial charge in [-0.1, -0.05) is 36.4 Å². The number of hydrogen-bond donors (Lipinski definition) is 2. The minimum absolute atomic E-state index is 0.0370. The number of carboxylic acid groups (broad SMARTS) is 1. The lowest BCUT2D eigenvalue weighted by atomic mass is 9.81. The first-order valence-electron chi connectivity index (χ1n) is 8.10. The summed E-state index contributed by atoms with van der Waals surface area (Å²) < 4.78 is 5.59. The molecule has 1 saturated heterocycles. The molecule has 5 nitrogen and oxygen atoms in total. The molecule has 1 amide bonds. The van der Waals surface area contributed by atoms with Crippen LogP contribution >= 0.6 is 0 Å². The second kappa shape index (κ2) is 5.49. The molecular formula is C18H19NO4. The predicted molar refractivity (Wildman–Crippen MR) is 82.7 cm³/mol. The van der Waals surface area contributed by atoms with Gasteiger partial charge in [-0.3, -0.25) is 9.59 Å². The minimum atomic E-state index is -0.967. The Bertz CT molecular complexity index is 683. The lowest BCUT2D eigenvalue weighted by molar-refractivity contribution is -0.146. The first-order valence-corrected chi connectivity index (χ1v) is 8.10. The molecule has 2 heterocycles. The molecule has 5 atom stereocenters. The van der Waals surface area contributed by atoms with Crippen molar-refractivity contribution in [1.29, 1.82) is 0 Å². The van der Waals surface area contributed by atoms with Crippen LogP contribution in [0.1, 0.15) is 30.0 Å². The van der Waals surface area contributed by atoms with Crippen LogP contribution in [0, 0.1) is 11.8 Å². The van der Waals surface area contributed by atoms with Gasteiger partial charge in [0.1, 0.15) is 5.92 Å². The number of rotatable bonds is 3. The zero-order chi connectivity index (χ0) is 16.0. The van der Waals surface area contributed by atoms with E-state index >= 15 is 0 Å². The number of fused-ring (bicyclic) bond motifs is 3. The number of benzene rings is 1. The van der Waals surface area contributed by atoms with E-state index in [1.807, 2.05) is 24.3 Å². The van der Waals surface area contributed by atoms with Crippen molar-refractivity contribution >= 4 is 11.9 Å². The maximum absolute atomic E-state index is 12.7. The van der Waals surface area contributed by atoms with Crippen molar-refractivity contribution in [3.05, 3.63) is 47.5 Å². The number of amides is 1. The zero-order valence-electron chi connectivity index (χ0n) is 12.6. The van der Waals surface area contributed by atoms with Crippen molar-refractivity contribution < 1.29 is 19.4 Å². The van der Waals surface area contributed by atoms with Gasteiger partial charge >= 0.3 is 5.97 Å². The van der Waals surface area contributed by atoms with Gasteiger partial charge in [0.2, 0.25) is 5.91 Å². The topological polar surface area (TPSA) is 75.6 Å². The standard InChI is InChI=1S/C18H19NO4/c20-17(15-13-8-9-14(23-13)16(15)18(21)22)19-12-7-3-5-10-4-1-2-6-11(10)12/h1-2,4,6,8-9,12-16H,3,5,7H2,(H,19,20)(H,21,22)/t12-,13-,14-,15-,16-/m1/s1. The number of ether oxygens (including phenoxy) is 1. The van der Waals surface area contributed by atoms with Crippen LogP contribution in [0.15, 0.2) is 36.4 Å². The van der Waals surface area contributed by atoms with Crippen LogP contribution in [0.3, 0.4) is 0 Å². The highest BCUT2D eigenvalue weighted by Gasteiger charge is 2.53. The van der Waals surface area contributed by atoms with Gasteiger partial charge in [-0.15, -0.1) is 0 Å². The number of carbonyl (C=O) groups excluding carboxylic acids is 1. The molecular weight excluding hydrogens is 294 g/mol. The van der Waals surface area contributed by atoms with Crippen molar-refractivity contribution in [3.63, 3.8) is 0 Å². The summed E-state index contributed by atoms with van der Waals surface area (Å²) in [6, 6.07) is 8.10. The normalized spacial score (nSPS) is 34.2. The summed E-state index contributed by atoms with van der Waals surface area (Å²) in [7, 11) is 0. The summed E-state index contributed by atoms with van der Waals surface area (Å²) >= 11 is 0. The molecule has 2 bridgehead atoms. The fraction of sp³-hybridized carbons (Fsp3) is 0.444. The predicted octanol–water partition coefficient (Wildman–Crippen LogP) is 1.83. The molecule has 23 heavy (non-hydrogen) atoms. The van der Waals surface area contributed by atoms with Gasteiger partial charge in [0.25, 0.3) is 0 Å². The average molecular weight is 313 g/mol. The highest BCUT2D eigenvalue weighted by molar-refractivity contribution is 5.87. The summed E-state index contributed by atoms with van der Waals surface area (Å²) in [5.41, 5.74) is 2.42. The summed E-state index contributed by atoms with van der Waals surface area (Å²) in [6.45, 7) is 0. The van der Waals surface area contributed by atoms with Crippen LogP contribution in [0.5, 0.6) is 0 Å². The van der Waals surface area contributed by atoms with E-state index in [0.717, 1.165) is 24.8 Å². The molecule has 0 radical (unpaired) electrons. The van der Waals surface area contributed by atoms with Crippen LogP contribution < -0.4 is 5.32 Å². The van der Waals surface area contributed by atoms with E-state index in [4.69, 9.17) is 4.74 Å². The number of aliphatic carboxylic acids is 1. The molecule has 0 spiro atoms. The summed E-state index contributed by atoms with van der Waals surface area (Å²) in [5, 5.41) is 12.5. The van der Waals surface area contributed by atoms with E-state index < -0.39 is 30.0 Å².